The second kappa shape index (κ2) is 4.29. The van der Waals surface area contributed by atoms with Gasteiger partial charge in [-0.25, -0.2) is 9.97 Å². The van der Waals surface area contributed by atoms with Gasteiger partial charge in [-0.2, -0.15) is 0 Å². The molecular weight excluding hydrogens is 238 g/mol. The Morgan fingerprint density at radius 2 is 2.18 bits per heavy atom. The molecule has 0 aliphatic heterocycles. The molecule has 5 nitrogen and oxygen atoms in total. The molecule has 6 heteroatoms. The average Bonchev–Trinajstić information content (AvgIpc) is 2.59. The largest absolute Gasteiger partial charge is 0.480 e. The third-order valence-corrected chi connectivity index (χ3v) is 3.44. The summed E-state index contributed by atoms with van der Waals surface area (Å²) in [6.45, 7) is 5.35. The van der Waals surface area contributed by atoms with Crippen LogP contribution in [-0.4, -0.2) is 27.1 Å². The van der Waals surface area contributed by atoms with Crippen LogP contribution in [0.1, 0.15) is 18.3 Å². The molecule has 0 aromatic carbocycles. The van der Waals surface area contributed by atoms with E-state index < -0.39 is 12.0 Å². The quantitative estimate of drug-likeness (QED) is 0.874. The van der Waals surface area contributed by atoms with E-state index in [0.717, 1.165) is 15.8 Å². The zero-order chi connectivity index (χ0) is 12.6. The average molecular weight is 251 g/mol. The van der Waals surface area contributed by atoms with Crippen molar-refractivity contribution in [1.29, 1.82) is 0 Å². The molecular formula is C11H13N3O2S. The minimum Gasteiger partial charge on any atom is -0.480 e. The summed E-state index contributed by atoms with van der Waals surface area (Å²) in [4.78, 5) is 20.3. The van der Waals surface area contributed by atoms with Gasteiger partial charge in [0.15, 0.2) is 0 Å². The van der Waals surface area contributed by atoms with Crippen molar-refractivity contribution in [3.8, 4) is 0 Å². The van der Waals surface area contributed by atoms with Crippen LogP contribution in [-0.2, 0) is 4.79 Å². The van der Waals surface area contributed by atoms with Crippen molar-refractivity contribution in [2.24, 2.45) is 0 Å². The maximum absolute atomic E-state index is 10.8. The summed E-state index contributed by atoms with van der Waals surface area (Å²) in [6, 6.07) is -0.674. The molecule has 0 spiro atoms. The molecule has 90 valence electrons. The van der Waals surface area contributed by atoms with Gasteiger partial charge in [0.05, 0.1) is 5.39 Å². The van der Waals surface area contributed by atoms with Gasteiger partial charge in [0.2, 0.25) is 0 Å². The monoisotopic (exact) mass is 251 g/mol. The number of carboxylic acids is 1. The second-order valence-electron chi connectivity index (χ2n) is 3.92. The molecule has 1 atom stereocenters. The number of nitrogens with zero attached hydrogens (tertiary/aromatic N) is 2. The Morgan fingerprint density at radius 3 is 2.82 bits per heavy atom. The van der Waals surface area contributed by atoms with Crippen LogP contribution in [0.2, 0.25) is 0 Å². The molecule has 0 bridgehead atoms. The van der Waals surface area contributed by atoms with Crippen molar-refractivity contribution in [3.63, 3.8) is 0 Å². The Bertz CT molecular complexity index is 579. The van der Waals surface area contributed by atoms with E-state index in [2.05, 4.69) is 15.3 Å². The number of aliphatic carboxylic acids is 1. The zero-order valence-corrected chi connectivity index (χ0v) is 10.6. The molecule has 0 radical (unpaired) electrons. The summed E-state index contributed by atoms with van der Waals surface area (Å²) in [7, 11) is 0. The van der Waals surface area contributed by atoms with E-state index in [1.165, 1.54) is 11.3 Å². The molecule has 0 saturated heterocycles. The smallest absolute Gasteiger partial charge is 0.325 e. The predicted molar refractivity (Wildman–Crippen MR) is 67.6 cm³/mol. The van der Waals surface area contributed by atoms with Crippen LogP contribution in [0.25, 0.3) is 10.2 Å². The topological polar surface area (TPSA) is 75.1 Å². The predicted octanol–water partition coefficient (Wildman–Crippen LogP) is 2.19. The van der Waals surface area contributed by atoms with E-state index in [4.69, 9.17) is 5.11 Å². The first-order valence-electron chi connectivity index (χ1n) is 5.21. The highest BCUT2D eigenvalue weighted by atomic mass is 32.1. The van der Waals surface area contributed by atoms with E-state index in [0.29, 0.717) is 11.6 Å². The summed E-state index contributed by atoms with van der Waals surface area (Å²) < 4.78 is 0. The number of aryl methyl sites for hydroxylation is 2. The maximum Gasteiger partial charge on any atom is 0.325 e. The van der Waals surface area contributed by atoms with Crippen LogP contribution in [0.4, 0.5) is 5.82 Å². The number of hydrogen-bond acceptors (Lipinski definition) is 5. The van der Waals surface area contributed by atoms with E-state index in [-0.39, 0.29) is 0 Å². The van der Waals surface area contributed by atoms with Crippen LogP contribution in [0, 0.1) is 13.8 Å². The first kappa shape index (κ1) is 11.8. The third kappa shape index (κ3) is 2.21. The normalized spacial score (nSPS) is 12.6. The summed E-state index contributed by atoms with van der Waals surface area (Å²) in [5.74, 6) is 0.336. The lowest BCUT2D eigenvalue weighted by molar-refractivity contribution is -0.137. The van der Waals surface area contributed by atoms with E-state index >= 15 is 0 Å². The van der Waals surface area contributed by atoms with Gasteiger partial charge in [-0.05, 0) is 31.7 Å². The van der Waals surface area contributed by atoms with E-state index in [1.807, 2.05) is 12.3 Å². The van der Waals surface area contributed by atoms with Crippen molar-refractivity contribution in [2.45, 2.75) is 26.8 Å². The lowest BCUT2D eigenvalue weighted by Crippen LogP contribution is -2.26. The van der Waals surface area contributed by atoms with Crippen LogP contribution >= 0.6 is 11.3 Å². The zero-order valence-electron chi connectivity index (χ0n) is 9.81. The summed E-state index contributed by atoms with van der Waals surface area (Å²) in [5.41, 5.74) is 1.06. The lowest BCUT2D eigenvalue weighted by atomic mass is 10.2. The molecule has 0 aliphatic rings. The van der Waals surface area contributed by atoms with Gasteiger partial charge in [-0.1, -0.05) is 0 Å². The third-order valence-electron chi connectivity index (χ3n) is 2.45. The summed E-state index contributed by atoms with van der Waals surface area (Å²) >= 11 is 1.54. The fourth-order valence-corrected chi connectivity index (χ4v) is 2.53. The summed E-state index contributed by atoms with van der Waals surface area (Å²) in [6.07, 6.45) is 0. The molecule has 2 aromatic heterocycles. The van der Waals surface area contributed by atoms with Gasteiger partial charge in [-0.3, -0.25) is 4.79 Å². The fraction of sp³-hybridized carbons (Fsp3) is 0.364. The van der Waals surface area contributed by atoms with Gasteiger partial charge in [0.1, 0.15) is 22.5 Å². The first-order valence-corrected chi connectivity index (χ1v) is 6.09. The SMILES string of the molecule is Cc1nc(N[C@H](C)C(=O)O)c2c(C)csc2n1. The Balaban J connectivity index is 2.51. The van der Waals surface area contributed by atoms with Crippen LogP contribution < -0.4 is 5.32 Å². The van der Waals surface area contributed by atoms with Crippen molar-refractivity contribution in [3.05, 3.63) is 16.8 Å². The Labute approximate surface area is 103 Å². The number of carboxylic acid groups (broad SMARTS) is 1. The molecule has 0 fully saturated rings. The minimum absolute atomic E-state index is 0.598. The number of fused-ring (bicyclic) bond motifs is 1. The Hall–Kier alpha value is -1.69. The number of anilines is 1. The molecule has 0 aliphatic carbocycles. The lowest BCUT2D eigenvalue weighted by Gasteiger charge is -2.11. The number of hydrogen-bond donors (Lipinski definition) is 2. The van der Waals surface area contributed by atoms with Gasteiger partial charge in [0, 0.05) is 0 Å². The molecule has 0 amide bonds. The maximum atomic E-state index is 10.8. The van der Waals surface area contributed by atoms with Gasteiger partial charge >= 0.3 is 5.97 Å². The molecule has 2 aromatic rings. The number of thiophene rings is 1. The molecule has 2 rings (SSSR count). The highest BCUT2D eigenvalue weighted by molar-refractivity contribution is 7.17. The van der Waals surface area contributed by atoms with Crippen LogP contribution in [0.3, 0.4) is 0 Å². The number of aromatic nitrogens is 2. The molecule has 2 heterocycles. The van der Waals surface area contributed by atoms with Gasteiger partial charge < -0.3 is 10.4 Å². The van der Waals surface area contributed by atoms with Crippen LogP contribution in [0.15, 0.2) is 5.38 Å². The second-order valence-corrected chi connectivity index (χ2v) is 4.78. The Morgan fingerprint density at radius 1 is 1.47 bits per heavy atom. The van der Waals surface area contributed by atoms with Crippen LogP contribution in [0.5, 0.6) is 0 Å². The van der Waals surface area contributed by atoms with E-state index in [9.17, 15) is 4.79 Å². The fourth-order valence-electron chi connectivity index (χ4n) is 1.56. The first-order chi connectivity index (χ1) is 7.99. The highest BCUT2D eigenvalue weighted by Gasteiger charge is 2.15. The standard InChI is InChI=1S/C11H13N3O2S/c1-5-4-17-10-8(5)9(13-7(3)14-10)12-6(2)11(15)16/h4,6H,1-3H3,(H,15,16)(H,12,13,14)/t6-/m1/s1. The van der Waals surface area contributed by atoms with Crippen molar-refractivity contribution in [2.75, 3.05) is 5.32 Å². The molecule has 2 N–H and O–H groups in total. The molecule has 17 heavy (non-hydrogen) atoms. The summed E-state index contributed by atoms with van der Waals surface area (Å²) in [5, 5.41) is 14.7. The van der Waals surface area contributed by atoms with Crippen molar-refractivity contribution < 1.29 is 9.90 Å². The highest BCUT2D eigenvalue weighted by Crippen LogP contribution is 2.29. The van der Waals surface area contributed by atoms with Gasteiger partial charge in [-0.15, -0.1) is 11.3 Å². The number of nitrogens with one attached hydrogen (secondary N) is 1. The van der Waals surface area contributed by atoms with Crippen molar-refractivity contribution >= 4 is 33.3 Å². The Kier molecular flexibility index (Phi) is 2.97. The van der Waals surface area contributed by atoms with E-state index in [1.54, 1.807) is 13.8 Å². The minimum atomic E-state index is -0.901. The van der Waals surface area contributed by atoms with Gasteiger partial charge in [0.25, 0.3) is 0 Å². The molecule has 0 saturated carbocycles. The molecule has 0 unspecified atom stereocenters. The van der Waals surface area contributed by atoms with Crippen molar-refractivity contribution in [1.82, 2.24) is 9.97 Å². The number of carbonyl (C=O) groups is 1. The number of rotatable bonds is 3.